The number of fused-ring (bicyclic) bond motifs is 1. The van der Waals surface area contributed by atoms with Gasteiger partial charge in [0, 0.05) is 24.3 Å². The maximum atomic E-state index is 12.2. The Balaban J connectivity index is 2.40. The summed E-state index contributed by atoms with van der Waals surface area (Å²) in [5.41, 5.74) is 2.77. The smallest absolute Gasteiger partial charge is 0.250 e. The van der Waals surface area contributed by atoms with Gasteiger partial charge < -0.3 is 9.88 Å². The fraction of sp³-hybridized carbons (Fsp3) is 0.688. The second-order valence-electron chi connectivity index (χ2n) is 5.60. The average Bonchev–Trinajstić information content (AvgIpc) is 2.45. The molecule has 0 aromatic carbocycles. The maximum Gasteiger partial charge on any atom is 0.250 e. The number of hydrogen-bond donors (Lipinski definition) is 1. The highest BCUT2D eigenvalue weighted by Crippen LogP contribution is 2.28. The molecule has 1 unspecified atom stereocenters. The molecule has 1 aliphatic carbocycles. The molecule has 0 fully saturated rings. The first-order chi connectivity index (χ1) is 9.21. The Hall–Kier alpha value is -1.09. The van der Waals surface area contributed by atoms with Gasteiger partial charge in [0.15, 0.2) is 0 Å². The molecule has 3 heteroatoms. The monoisotopic (exact) mass is 262 g/mol. The zero-order chi connectivity index (χ0) is 13.8. The number of aromatic nitrogens is 1. The molecule has 1 N–H and O–H groups in total. The second-order valence-corrected chi connectivity index (χ2v) is 5.60. The van der Waals surface area contributed by atoms with Crippen LogP contribution in [0.2, 0.25) is 0 Å². The molecule has 1 aromatic heterocycles. The van der Waals surface area contributed by atoms with E-state index in [4.69, 9.17) is 0 Å². The lowest BCUT2D eigenvalue weighted by Crippen LogP contribution is -2.32. The van der Waals surface area contributed by atoms with Crippen LogP contribution in [0.1, 0.15) is 56.8 Å². The molecule has 0 amide bonds. The van der Waals surface area contributed by atoms with Crippen LogP contribution in [0.5, 0.6) is 0 Å². The Morgan fingerprint density at radius 2 is 2.11 bits per heavy atom. The fourth-order valence-corrected chi connectivity index (χ4v) is 3.17. The first-order valence-corrected chi connectivity index (χ1v) is 7.61. The summed E-state index contributed by atoms with van der Waals surface area (Å²) in [5.74, 6) is 0.610. The third-order valence-corrected chi connectivity index (χ3v) is 4.56. The molecule has 1 heterocycles. The predicted molar refractivity (Wildman–Crippen MR) is 79.5 cm³/mol. The molecule has 0 aliphatic heterocycles. The quantitative estimate of drug-likeness (QED) is 0.885. The molecule has 1 aromatic rings. The highest BCUT2D eigenvalue weighted by Gasteiger charge is 2.22. The summed E-state index contributed by atoms with van der Waals surface area (Å²) in [5, 5.41) is 3.37. The van der Waals surface area contributed by atoms with Crippen LogP contribution in [0, 0.1) is 5.92 Å². The van der Waals surface area contributed by atoms with Crippen molar-refractivity contribution >= 4 is 0 Å². The van der Waals surface area contributed by atoms with E-state index in [0.29, 0.717) is 12.0 Å². The molecule has 19 heavy (non-hydrogen) atoms. The van der Waals surface area contributed by atoms with Crippen molar-refractivity contribution in [3.63, 3.8) is 0 Å². The standard InChI is InChI=1S/C16H26N2O/c1-4-12(5-2)11-18-15-8-6-7-14(17-3)13(15)9-10-16(18)19/h9-10,12,14,17H,4-8,11H2,1-3H3. The Bertz CT molecular complexity index is 474. The average molecular weight is 262 g/mol. The molecule has 0 bridgehead atoms. The zero-order valence-corrected chi connectivity index (χ0v) is 12.4. The van der Waals surface area contributed by atoms with Gasteiger partial charge in [0.2, 0.25) is 0 Å². The van der Waals surface area contributed by atoms with Crippen molar-refractivity contribution in [2.24, 2.45) is 5.92 Å². The first-order valence-electron chi connectivity index (χ1n) is 7.61. The van der Waals surface area contributed by atoms with Gasteiger partial charge in [0.1, 0.15) is 0 Å². The lowest BCUT2D eigenvalue weighted by Gasteiger charge is -2.28. The van der Waals surface area contributed by atoms with Gasteiger partial charge in [0.05, 0.1) is 0 Å². The minimum absolute atomic E-state index is 0.169. The van der Waals surface area contributed by atoms with Gasteiger partial charge in [-0.25, -0.2) is 0 Å². The molecule has 106 valence electrons. The van der Waals surface area contributed by atoms with Crippen molar-refractivity contribution in [1.82, 2.24) is 9.88 Å². The van der Waals surface area contributed by atoms with E-state index in [2.05, 4.69) is 19.2 Å². The Labute approximate surface area is 116 Å². The Kier molecular flexibility index (Phi) is 4.81. The van der Waals surface area contributed by atoms with Crippen LogP contribution in [0.3, 0.4) is 0 Å². The first kappa shape index (κ1) is 14.3. The molecule has 0 saturated carbocycles. The van der Waals surface area contributed by atoms with Crippen molar-refractivity contribution in [3.05, 3.63) is 33.7 Å². The van der Waals surface area contributed by atoms with Crippen molar-refractivity contribution in [3.8, 4) is 0 Å². The van der Waals surface area contributed by atoms with Crippen LogP contribution in [-0.2, 0) is 13.0 Å². The molecule has 1 aliphatic rings. The minimum Gasteiger partial charge on any atom is -0.313 e. The van der Waals surface area contributed by atoms with E-state index in [0.717, 1.165) is 25.8 Å². The number of nitrogens with zero attached hydrogens (tertiary/aromatic N) is 1. The number of rotatable bonds is 5. The van der Waals surface area contributed by atoms with Crippen LogP contribution in [0.15, 0.2) is 16.9 Å². The summed E-state index contributed by atoms with van der Waals surface area (Å²) in [4.78, 5) is 12.2. The Morgan fingerprint density at radius 1 is 1.37 bits per heavy atom. The van der Waals surface area contributed by atoms with Crippen LogP contribution in [0.4, 0.5) is 0 Å². The highest BCUT2D eigenvalue weighted by atomic mass is 16.1. The van der Waals surface area contributed by atoms with Gasteiger partial charge in [-0.3, -0.25) is 4.79 Å². The number of pyridine rings is 1. The van der Waals surface area contributed by atoms with E-state index in [1.165, 1.54) is 24.1 Å². The van der Waals surface area contributed by atoms with E-state index < -0.39 is 0 Å². The van der Waals surface area contributed by atoms with Crippen molar-refractivity contribution in [1.29, 1.82) is 0 Å². The summed E-state index contributed by atoms with van der Waals surface area (Å²) in [6.07, 6.45) is 5.67. The lowest BCUT2D eigenvalue weighted by atomic mass is 9.90. The highest BCUT2D eigenvalue weighted by molar-refractivity contribution is 5.27. The zero-order valence-electron chi connectivity index (χ0n) is 12.4. The van der Waals surface area contributed by atoms with Gasteiger partial charge in [-0.1, -0.05) is 32.8 Å². The topological polar surface area (TPSA) is 34.0 Å². The molecule has 0 radical (unpaired) electrons. The van der Waals surface area contributed by atoms with E-state index in [9.17, 15) is 4.79 Å². The van der Waals surface area contributed by atoms with E-state index in [1.807, 2.05) is 17.7 Å². The number of hydrogen-bond acceptors (Lipinski definition) is 2. The van der Waals surface area contributed by atoms with Crippen LogP contribution < -0.4 is 10.9 Å². The molecular weight excluding hydrogens is 236 g/mol. The molecule has 2 rings (SSSR count). The minimum atomic E-state index is 0.169. The molecule has 0 spiro atoms. The molecule has 0 saturated heterocycles. The Morgan fingerprint density at radius 3 is 2.74 bits per heavy atom. The third kappa shape index (κ3) is 2.92. The van der Waals surface area contributed by atoms with Crippen LogP contribution >= 0.6 is 0 Å². The fourth-order valence-electron chi connectivity index (χ4n) is 3.17. The van der Waals surface area contributed by atoms with Crippen molar-refractivity contribution in [2.75, 3.05) is 7.05 Å². The van der Waals surface area contributed by atoms with Gasteiger partial charge in [-0.2, -0.15) is 0 Å². The summed E-state index contributed by atoms with van der Waals surface area (Å²) in [6, 6.07) is 4.19. The maximum absolute atomic E-state index is 12.2. The van der Waals surface area contributed by atoms with Crippen LogP contribution in [-0.4, -0.2) is 11.6 Å². The van der Waals surface area contributed by atoms with Crippen molar-refractivity contribution in [2.45, 2.75) is 58.5 Å². The van der Waals surface area contributed by atoms with Gasteiger partial charge in [0.25, 0.3) is 5.56 Å². The largest absolute Gasteiger partial charge is 0.313 e. The summed E-state index contributed by atoms with van der Waals surface area (Å²) >= 11 is 0. The third-order valence-electron chi connectivity index (χ3n) is 4.56. The molecular formula is C16H26N2O. The normalized spacial score (nSPS) is 18.6. The van der Waals surface area contributed by atoms with Gasteiger partial charge >= 0.3 is 0 Å². The molecule has 1 atom stereocenters. The lowest BCUT2D eigenvalue weighted by molar-refractivity contribution is 0.389. The van der Waals surface area contributed by atoms with E-state index in [1.54, 1.807) is 6.07 Å². The number of nitrogens with one attached hydrogen (secondary N) is 1. The summed E-state index contributed by atoms with van der Waals surface area (Å²) in [7, 11) is 2.01. The van der Waals surface area contributed by atoms with Crippen LogP contribution in [0.25, 0.3) is 0 Å². The SMILES string of the molecule is CCC(CC)Cn1c2c(ccc1=O)C(NC)CCC2. The van der Waals surface area contributed by atoms with Gasteiger partial charge in [-0.05, 0) is 37.8 Å². The van der Waals surface area contributed by atoms with E-state index >= 15 is 0 Å². The van der Waals surface area contributed by atoms with Gasteiger partial charge in [-0.15, -0.1) is 0 Å². The summed E-state index contributed by atoms with van der Waals surface area (Å²) in [6.45, 7) is 5.31. The molecule has 3 nitrogen and oxygen atoms in total. The summed E-state index contributed by atoms with van der Waals surface area (Å²) < 4.78 is 2.04. The second kappa shape index (κ2) is 6.38. The van der Waals surface area contributed by atoms with E-state index in [-0.39, 0.29) is 5.56 Å². The van der Waals surface area contributed by atoms with Crippen molar-refractivity contribution < 1.29 is 0 Å². The predicted octanol–water partition coefficient (Wildman–Crippen LogP) is 2.88.